The molecular weight excluding hydrogens is 250 g/mol. The van der Waals surface area contributed by atoms with Crippen molar-refractivity contribution in [2.24, 2.45) is 0 Å². The standard InChI is InChI=1S/C17H27NO2/c1-12(2)15-8-5-13(3)9-16(15)20-11-17(4,10-19)18-14-6-7-14/h5,8-9,12,14,18-19H,6-7,10-11H2,1-4H3. The smallest absolute Gasteiger partial charge is 0.123 e. The fraction of sp³-hybridized carbons (Fsp3) is 0.647. The van der Waals surface area contributed by atoms with Gasteiger partial charge in [-0.05, 0) is 49.8 Å². The molecule has 0 aromatic heterocycles. The molecule has 0 amide bonds. The summed E-state index contributed by atoms with van der Waals surface area (Å²) in [6, 6.07) is 6.90. The van der Waals surface area contributed by atoms with Crippen LogP contribution in [0.4, 0.5) is 0 Å². The fourth-order valence-electron chi connectivity index (χ4n) is 2.33. The van der Waals surface area contributed by atoms with Crippen LogP contribution in [-0.2, 0) is 0 Å². The lowest BCUT2D eigenvalue weighted by atomic mass is 10.00. The predicted octanol–water partition coefficient (Wildman–Crippen LogP) is 3.00. The van der Waals surface area contributed by atoms with Gasteiger partial charge < -0.3 is 15.2 Å². The van der Waals surface area contributed by atoms with Crippen molar-refractivity contribution in [1.29, 1.82) is 0 Å². The molecule has 3 nitrogen and oxygen atoms in total. The van der Waals surface area contributed by atoms with E-state index in [1.54, 1.807) is 0 Å². The molecule has 2 N–H and O–H groups in total. The number of benzene rings is 1. The molecule has 0 spiro atoms. The summed E-state index contributed by atoms with van der Waals surface area (Å²) in [5.41, 5.74) is 2.06. The van der Waals surface area contributed by atoms with Crippen molar-refractivity contribution in [1.82, 2.24) is 5.32 Å². The van der Waals surface area contributed by atoms with Crippen LogP contribution in [0.15, 0.2) is 18.2 Å². The molecule has 1 aromatic carbocycles. The van der Waals surface area contributed by atoms with Crippen molar-refractivity contribution in [3.05, 3.63) is 29.3 Å². The maximum Gasteiger partial charge on any atom is 0.123 e. The first-order valence-corrected chi connectivity index (χ1v) is 7.55. The Morgan fingerprint density at radius 2 is 2.10 bits per heavy atom. The van der Waals surface area contributed by atoms with E-state index in [2.05, 4.69) is 44.3 Å². The molecule has 112 valence electrons. The van der Waals surface area contributed by atoms with E-state index in [0.29, 0.717) is 18.6 Å². The van der Waals surface area contributed by atoms with Crippen molar-refractivity contribution in [3.63, 3.8) is 0 Å². The highest BCUT2D eigenvalue weighted by molar-refractivity contribution is 5.39. The highest BCUT2D eigenvalue weighted by Crippen LogP contribution is 2.29. The Morgan fingerprint density at radius 1 is 1.40 bits per heavy atom. The molecule has 3 heteroatoms. The number of aliphatic hydroxyl groups excluding tert-OH is 1. The summed E-state index contributed by atoms with van der Waals surface area (Å²) >= 11 is 0. The van der Waals surface area contributed by atoms with E-state index in [-0.39, 0.29) is 12.1 Å². The Hall–Kier alpha value is -1.06. The largest absolute Gasteiger partial charge is 0.491 e. The molecule has 0 bridgehead atoms. The van der Waals surface area contributed by atoms with E-state index in [9.17, 15) is 5.11 Å². The monoisotopic (exact) mass is 277 g/mol. The zero-order chi connectivity index (χ0) is 14.8. The van der Waals surface area contributed by atoms with E-state index in [4.69, 9.17) is 4.74 Å². The first-order chi connectivity index (χ1) is 9.43. The molecule has 1 fully saturated rings. The zero-order valence-electron chi connectivity index (χ0n) is 13.1. The van der Waals surface area contributed by atoms with Gasteiger partial charge in [-0.25, -0.2) is 0 Å². The molecule has 1 atom stereocenters. The molecular formula is C17H27NO2. The van der Waals surface area contributed by atoms with Crippen molar-refractivity contribution in [2.45, 2.75) is 58.0 Å². The number of aliphatic hydroxyl groups is 1. The summed E-state index contributed by atoms with van der Waals surface area (Å²) in [4.78, 5) is 0. The minimum absolute atomic E-state index is 0.0896. The Balaban J connectivity index is 2.06. The van der Waals surface area contributed by atoms with Gasteiger partial charge in [-0.1, -0.05) is 26.0 Å². The van der Waals surface area contributed by atoms with E-state index < -0.39 is 0 Å². The van der Waals surface area contributed by atoms with Crippen LogP contribution in [0.1, 0.15) is 50.7 Å². The summed E-state index contributed by atoms with van der Waals surface area (Å²) in [6.45, 7) is 9.02. The van der Waals surface area contributed by atoms with E-state index in [1.807, 2.05) is 6.92 Å². The normalized spacial score (nSPS) is 18.1. The van der Waals surface area contributed by atoms with Gasteiger partial charge >= 0.3 is 0 Å². The van der Waals surface area contributed by atoms with Gasteiger partial charge in [0, 0.05) is 6.04 Å². The van der Waals surface area contributed by atoms with Gasteiger partial charge in [-0.3, -0.25) is 0 Å². The molecule has 2 rings (SSSR count). The predicted molar refractivity (Wildman–Crippen MR) is 82.4 cm³/mol. The van der Waals surface area contributed by atoms with Crippen LogP contribution >= 0.6 is 0 Å². The molecule has 1 aromatic rings. The lowest BCUT2D eigenvalue weighted by Crippen LogP contribution is -2.51. The Labute approximate surface area is 122 Å². The number of hydrogen-bond donors (Lipinski definition) is 2. The van der Waals surface area contributed by atoms with Crippen molar-refractivity contribution >= 4 is 0 Å². The van der Waals surface area contributed by atoms with Crippen LogP contribution in [0.25, 0.3) is 0 Å². The van der Waals surface area contributed by atoms with Crippen molar-refractivity contribution in [2.75, 3.05) is 13.2 Å². The number of nitrogens with one attached hydrogen (secondary N) is 1. The van der Waals surface area contributed by atoms with Crippen molar-refractivity contribution < 1.29 is 9.84 Å². The first kappa shape index (κ1) is 15.3. The van der Waals surface area contributed by atoms with Crippen LogP contribution in [0.5, 0.6) is 5.75 Å². The Kier molecular flexibility index (Phi) is 4.71. The van der Waals surface area contributed by atoms with Gasteiger partial charge in [0.1, 0.15) is 12.4 Å². The van der Waals surface area contributed by atoms with Gasteiger partial charge in [-0.15, -0.1) is 0 Å². The lowest BCUT2D eigenvalue weighted by Gasteiger charge is -2.29. The number of ether oxygens (including phenoxy) is 1. The van der Waals surface area contributed by atoms with Crippen LogP contribution in [-0.4, -0.2) is 29.9 Å². The maximum atomic E-state index is 9.63. The quantitative estimate of drug-likeness (QED) is 0.805. The summed E-state index contributed by atoms with van der Waals surface area (Å²) in [6.07, 6.45) is 2.41. The van der Waals surface area contributed by atoms with Crippen LogP contribution in [0.3, 0.4) is 0 Å². The van der Waals surface area contributed by atoms with Crippen LogP contribution in [0.2, 0.25) is 0 Å². The van der Waals surface area contributed by atoms with E-state index in [1.165, 1.54) is 24.0 Å². The Morgan fingerprint density at radius 3 is 2.65 bits per heavy atom. The molecule has 1 saturated carbocycles. The maximum absolute atomic E-state index is 9.63. The third kappa shape index (κ3) is 3.97. The fourth-order valence-corrected chi connectivity index (χ4v) is 2.33. The lowest BCUT2D eigenvalue weighted by molar-refractivity contribution is 0.113. The highest BCUT2D eigenvalue weighted by atomic mass is 16.5. The topological polar surface area (TPSA) is 41.5 Å². The highest BCUT2D eigenvalue weighted by Gasteiger charge is 2.32. The molecule has 20 heavy (non-hydrogen) atoms. The third-order valence-corrected chi connectivity index (χ3v) is 3.82. The molecule has 0 radical (unpaired) electrons. The average Bonchev–Trinajstić information content (AvgIpc) is 3.20. The van der Waals surface area contributed by atoms with Crippen LogP contribution < -0.4 is 10.1 Å². The zero-order valence-corrected chi connectivity index (χ0v) is 13.1. The second-order valence-electron chi connectivity index (χ2n) is 6.62. The summed E-state index contributed by atoms with van der Waals surface area (Å²) < 4.78 is 6.04. The molecule has 1 aliphatic carbocycles. The summed E-state index contributed by atoms with van der Waals surface area (Å²) in [5.74, 6) is 1.37. The third-order valence-electron chi connectivity index (χ3n) is 3.82. The molecule has 0 heterocycles. The molecule has 1 aliphatic rings. The second kappa shape index (κ2) is 6.15. The van der Waals surface area contributed by atoms with Gasteiger partial charge in [0.25, 0.3) is 0 Å². The number of rotatable bonds is 7. The molecule has 0 aliphatic heterocycles. The molecule has 1 unspecified atom stereocenters. The summed E-state index contributed by atoms with van der Waals surface area (Å²) in [5, 5.41) is 13.1. The van der Waals surface area contributed by atoms with Gasteiger partial charge in [0.2, 0.25) is 0 Å². The number of hydrogen-bond acceptors (Lipinski definition) is 3. The SMILES string of the molecule is Cc1ccc(C(C)C)c(OCC(C)(CO)NC2CC2)c1. The van der Waals surface area contributed by atoms with Gasteiger partial charge in [-0.2, -0.15) is 0 Å². The minimum atomic E-state index is -0.362. The van der Waals surface area contributed by atoms with Gasteiger partial charge in [0.15, 0.2) is 0 Å². The van der Waals surface area contributed by atoms with E-state index >= 15 is 0 Å². The molecule has 0 saturated heterocycles. The number of aryl methyl sites for hydroxylation is 1. The van der Waals surface area contributed by atoms with E-state index in [0.717, 1.165) is 5.75 Å². The minimum Gasteiger partial charge on any atom is -0.491 e. The first-order valence-electron chi connectivity index (χ1n) is 7.55. The Bertz CT molecular complexity index is 454. The van der Waals surface area contributed by atoms with Crippen LogP contribution in [0, 0.1) is 6.92 Å². The second-order valence-corrected chi connectivity index (χ2v) is 6.62. The van der Waals surface area contributed by atoms with Crippen molar-refractivity contribution in [3.8, 4) is 5.75 Å². The van der Waals surface area contributed by atoms with Gasteiger partial charge in [0.05, 0.1) is 12.1 Å². The average molecular weight is 277 g/mol. The summed E-state index contributed by atoms with van der Waals surface area (Å²) in [7, 11) is 0.